The van der Waals surface area contributed by atoms with Gasteiger partial charge >= 0.3 is 0 Å². The fourth-order valence-corrected chi connectivity index (χ4v) is 3.85. The minimum atomic E-state index is -0.121. The lowest BCUT2D eigenvalue weighted by molar-refractivity contribution is -0.113. The molecule has 0 aliphatic rings. The van der Waals surface area contributed by atoms with Crippen molar-refractivity contribution in [3.8, 4) is 22.2 Å². The molecule has 2 heterocycles. The first-order valence-electron chi connectivity index (χ1n) is 8.89. The van der Waals surface area contributed by atoms with Gasteiger partial charge < -0.3 is 10.1 Å². The number of amides is 1. The maximum atomic E-state index is 12.2. The molecule has 2 aromatic heterocycles. The highest BCUT2D eigenvalue weighted by Gasteiger charge is 2.10. The number of H-pyrrole nitrogens is 1. The number of benzene rings is 2. The van der Waals surface area contributed by atoms with Crippen molar-refractivity contribution in [1.82, 2.24) is 15.2 Å². The van der Waals surface area contributed by atoms with E-state index >= 15 is 0 Å². The zero-order valence-corrected chi connectivity index (χ0v) is 17.2. The van der Waals surface area contributed by atoms with Gasteiger partial charge in [-0.1, -0.05) is 30.0 Å². The van der Waals surface area contributed by atoms with Gasteiger partial charge in [0.05, 0.1) is 10.6 Å². The van der Waals surface area contributed by atoms with E-state index in [9.17, 15) is 4.79 Å². The number of ether oxygens (including phenoxy) is 1. The number of thiophene rings is 1. The predicted molar refractivity (Wildman–Crippen MR) is 117 cm³/mol. The molecule has 29 heavy (non-hydrogen) atoms. The number of nitrogens with zero attached hydrogens (tertiary/aromatic N) is 2. The monoisotopic (exact) mass is 422 g/mol. The molecule has 0 radical (unpaired) electrons. The van der Waals surface area contributed by atoms with Crippen molar-refractivity contribution < 1.29 is 9.53 Å². The van der Waals surface area contributed by atoms with Crippen LogP contribution in [0.3, 0.4) is 0 Å². The summed E-state index contributed by atoms with van der Waals surface area (Å²) in [6.45, 7) is 2.02. The molecular formula is C21H18N4O2S2. The maximum Gasteiger partial charge on any atom is 0.234 e. The molecule has 6 nitrogen and oxygen atoms in total. The topological polar surface area (TPSA) is 79.9 Å². The van der Waals surface area contributed by atoms with Crippen LogP contribution in [0.5, 0.6) is 11.5 Å². The smallest absolute Gasteiger partial charge is 0.234 e. The molecular weight excluding hydrogens is 404 g/mol. The Balaban J connectivity index is 1.28. The van der Waals surface area contributed by atoms with Gasteiger partial charge in [0, 0.05) is 5.69 Å². The van der Waals surface area contributed by atoms with Gasteiger partial charge in [-0.3, -0.25) is 9.89 Å². The third kappa shape index (κ3) is 5.24. The second kappa shape index (κ2) is 8.93. The van der Waals surface area contributed by atoms with Gasteiger partial charge in [-0.15, -0.1) is 16.4 Å². The Kier molecular flexibility index (Phi) is 5.92. The van der Waals surface area contributed by atoms with Crippen molar-refractivity contribution >= 4 is 34.7 Å². The minimum Gasteiger partial charge on any atom is -0.457 e. The molecule has 8 heteroatoms. The molecule has 0 saturated heterocycles. The number of anilines is 1. The number of thioether (sulfide) groups is 1. The number of aromatic amines is 1. The SMILES string of the molecule is Cc1cccc(Oc2ccc(NC(=O)CSc3n[nH]c(-c4cccs4)n3)cc2)c1. The second-order valence-corrected chi connectivity index (χ2v) is 8.11. The van der Waals surface area contributed by atoms with E-state index in [4.69, 9.17) is 4.74 Å². The van der Waals surface area contributed by atoms with Crippen LogP contribution >= 0.6 is 23.1 Å². The zero-order valence-electron chi connectivity index (χ0n) is 15.6. The van der Waals surface area contributed by atoms with Gasteiger partial charge in [-0.05, 0) is 60.3 Å². The lowest BCUT2D eigenvalue weighted by Gasteiger charge is -2.08. The number of carbonyl (C=O) groups excluding carboxylic acids is 1. The molecule has 146 valence electrons. The minimum absolute atomic E-state index is 0.121. The first kappa shape index (κ1) is 19.2. The highest BCUT2D eigenvalue weighted by atomic mass is 32.2. The molecule has 0 spiro atoms. The lowest BCUT2D eigenvalue weighted by Crippen LogP contribution is -2.14. The fourth-order valence-electron chi connectivity index (χ4n) is 2.58. The molecule has 2 N–H and O–H groups in total. The number of nitrogens with one attached hydrogen (secondary N) is 2. The molecule has 0 atom stereocenters. The zero-order chi connectivity index (χ0) is 20.1. The quantitative estimate of drug-likeness (QED) is 0.392. The van der Waals surface area contributed by atoms with Crippen LogP contribution in [0.4, 0.5) is 5.69 Å². The largest absolute Gasteiger partial charge is 0.457 e. The summed E-state index contributed by atoms with van der Waals surface area (Å²) in [4.78, 5) is 17.6. The van der Waals surface area contributed by atoms with Crippen LogP contribution in [-0.4, -0.2) is 26.8 Å². The molecule has 2 aromatic carbocycles. The Morgan fingerprint density at radius 1 is 1.14 bits per heavy atom. The Morgan fingerprint density at radius 3 is 2.76 bits per heavy atom. The van der Waals surface area contributed by atoms with Crippen LogP contribution in [-0.2, 0) is 4.79 Å². The van der Waals surface area contributed by atoms with Crippen LogP contribution in [0.2, 0.25) is 0 Å². The molecule has 4 aromatic rings. The van der Waals surface area contributed by atoms with Crippen LogP contribution in [0.15, 0.2) is 71.2 Å². The molecule has 0 saturated carbocycles. The third-order valence-corrected chi connectivity index (χ3v) is 5.64. The highest BCUT2D eigenvalue weighted by Crippen LogP contribution is 2.25. The van der Waals surface area contributed by atoms with Crippen molar-refractivity contribution in [2.75, 3.05) is 11.1 Å². The molecule has 0 aliphatic carbocycles. The van der Waals surface area contributed by atoms with E-state index in [2.05, 4.69) is 20.5 Å². The number of aromatic nitrogens is 3. The number of rotatable bonds is 7. The first-order chi connectivity index (χ1) is 14.2. The van der Waals surface area contributed by atoms with Crippen molar-refractivity contribution in [3.63, 3.8) is 0 Å². The van der Waals surface area contributed by atoms with Crippen LogP contribution < -0.4 is 10.1 Å². The van der Waals surface area contributed by atoms with Crippen molar-refractivity contribution in [1.29, 1.82) is 0 Å². The molecule has 0 bridgehead atoms. The Morgan fingerprint density at radius 2 is 2.00 bits per heavy atom. The van der Waals surface area contributed by atoms with Crippen LogP contribution in [0.1, 0.15) is 5.56 Å². The van der Waals surface area contributed by atoms with Crippen molar-refractivity contribution in [2.45, 2.75) is 12.1 Å². The van der Waals surface area contributed by atoms with E-state index in [1.54, 1.807) is 11.3 Å². The van der Waals surface area contributed by atoms with Gasteiger partial charge in [0.25, 0.3) is 0 Å². The summed E-state index contributed by atoms with van der Waals surface area (Å²) in [6, 6.07) is 19.1. The van der Waals surface area contributed by atoms with Gasteiger partial charge in [-0.2, -0.15) is 0 Å². The van der Waals surface area contributed by atoms with Gasteiger partial charge in [0.2, 0.25) is 11.1 Å². The normalized spacial score (nSPS) is 10.7. The van der Waals surface area contributed by atoms with E-state index in [0.717, 1.165) is 16.2 Å². The molecule has 0 fully saturated rings. The number of carbonyl (C=O) groups is 1. The molecule has 0 unspecified atom stereocenters. The van der Waals surface area contributed by atoms with Gasteiger partial charge in [0.15, 0.2) is 5.82 Å². The van der Waals surface area contributed by atoms with Crippen molar-refractivity contribution in [3.05, 3.63) is 71.6 Å². The summed E-state index contributed by atoms with van der Waals surface area (Å²) in [6.07, 6.45) is 0. The van der Waals surface area contributed by atoms with E-state index in [-0.39, 0.29) is 11.7 Å². The van der Waals surface area contributed by atoms with E-state index in [1.165, 1.54) is 11.8 Å². The fraction of sp³-hybridized carbons (Fsp3) is 0.0952. The molecule has 0 aliphatic heterocycles. The second-order valence-electron chi connectivity index (χ2n) is 6.22. The summed E-state index contributed by atoms with van der Waals surface area (Å²) in [7, 11) is 0. The van der Waals surface area contributed by atoms with E-state index < -0.39 is 0 Å². The standard InChI is InChI=1S/C21H18N4O2S2/c1-14-4-2-5-17(12-14)27-16-9-7-15(8-10-16)22-19(26)13-29-21-23-20(24-25-21)18-6-3-11-28-18/h2-12H,13H2,1H3,(H,22,26)(H,23,24,25). The Labute approximate surface area is 176 Å². The summed E-state index contributed by atoms with van der Waals surface area (Å²) < 4.78 is 5.82. The van der Waals surface area contributed by atoms with E-state index in [1.807, 2.05) is 73.0 Å². The van der Waals surface area contributed by atoms with Crippen LogP contribution in [0, 0.1) is 6.92 Å². The van der Waals surface area contributed by atoms with Crippen LogP contribution in [0.25, 0.3) is 10.7 Å². The average Bonchev–Trinajstić information content (AvgIpc) is 3.40. The Hall–Kier alpha value is -3.10. The summed E-state index contributed by atoms with van der Waals surface area (Å²) in [5.74, 6) is 2.32. The summed E-state index contributed by atoms with van der Waals surface area (Å²) in [5.41, 5.74) is 1.85. The maximum absolute atomic E-state index is 12.2. The first-order valence-corrected chi connectivity index (χ1v) is 10.8. The summed E-state index contributed by atoms with van der Waals surface area (Å²) >= 11 is 2.87. The lowest BCUT2D eigenvalue weighted by atomic mass is 10.2. The molecule has 1 amide bonds. The number of hydrogen-bond donors (Lipinski definition) is 2. The molecule has 4 rings (SSSR count). The number of aryl methyl sites for hydroxylation is 1. The number of hydrogen-bond acceptors (Lipinski definition) is 6. The third-order valence-electron chi connectivity index (χ3n) is 3.92. The van der Waals surface area contributed by atoms with E-state index in [0.29, 0.717) is 22.4 Å². The predicted octanol–water partition coefficient (Wildman–Crippen LogP) is 5.36. The summed E-state index contributed by atoms with van der Waals surface area (Å²) in [5, 5.41) is 12.4. The van der Waals surface area contributed by atoms with Gasteiger partial charge in [0.1, 0.15) is 11.5 Å². The van der Waals surface area contributed by atoms with Crippen molar-refractivity contribution in [2.24, 2.45) is 0 Å². The highest BCUT2D eigenvalue weighted by molar-refractivity contribution is 7.99. The van der Waals surface area contributed by atoms with Gasteiger partial charge in [-0.25, -0.2) is 4.98 Å². The average molecular weight is 423 g/mol. The Bertz CT molecular complexity index is 1090.